The first kappa shape index (κ1) is 12.4. The number of hydrogen-bond donors (Lipinski definition) is 1. The molecule has 1 atom stereocenters. The molecule has 0 amide bonds. The van der Waals surface area contributed by atoms with Crippen molar-refractivity contribution in [3.05, 3.63) is 29.8 Å². The van der Waals surface area contributed by atoms with Crippen LogP contribution in [0, 0.1) is 6.92 Å². The van der Waals surface area contributed by atoms with E-state index in [1.165, 1.54) is 24.8 Å². The van der Waals surface area contributed by atoms with Gasteiger partial charge in [0.2, 0.25) is 0 Å². The molecule has 17 heavy (non-hydrogen) atoms. The lowest BCUT2D eigenvalue weighted by molar-refractivity contribution is 0.207. The first-order chi connectivity index (χ1) is 8.24. The zero-order chi connectivity index (χ0) is 12.1. The van der Waals surface area contributed by atoms with Crippen LogP contribution in [-0.2, 0) is 0 Å². The van der Waals surface area contributed by atoms with Crippen molar-refractivity contribution in [3.63, 3.8) is 0 Å². The van der Waals surface area contributed by atoms with Crippen molar-refractivity contribution >= 4 is 0 Å². The second kappa shape index (κ2) is 6.06. The minimum Gasteiger partial charge on any atom is -0.491 e. The highest BCUT2D eigenvalue weighted by molar-refractivity contribution is 5.27. The summed E-state index contributed by atoms with van der Waals surface area (Å²) in [5.41, 5.74) is 1.25. The van der Waals surface area contributed by atoms with Gasteiger partial charge in [0.25, 0.3) is 0 Å². The third kappa shape index (κ3) is 4.78. The standard InChI is InChI=1S/C15H23NO/c1-12-5-3-7-15(11-12)17-13(2)6-4-10-16-14-8-9-14/h3,5,7,11,13-14,16H,4,6,8-10H2,1-2H3. The molecule has 1 N–H and O–H groups in total. The molecular weight excluding hydrogens is 210 g/mol. The third-order valence-electron chi connectivity index (χ3n) is 3.12. The minimum absolute atomic E-state index is 0.304. The van der Waals surface area contributed by atoms with Gasteiger partial charge in [-0.2, -0.15) is 0 Å². The first-order valence-electron chi connectivity index (χ1n) is 6.71. The molecule has 0 bridgehead atoms. The zero-order valence-corrected chi connectivity index (χ0v) is 10.9. The lowest BCUT2D eigenvalue weighted by Crippen LogP contribution is -2.20. The molecule has 0 saturated heterocycles. The van der Waals surface area contributed by atoms with Crippen molar-refractivity contribution in [2.75, 3.05) is 6.54 Å². The summed E-state index contributed by atoms with van der Waals surface area (Å²) in [5, 5.41) is 3.53. The average Bonchev–Trinajstić information content (AvgIpc) is 3.08. The third-order valence-corrected chi connectivity index (χ3v) is 3.12. The molecular formula is C15H23NO. The SMILES string of the molecule is Cc1cccc(OC(C)CCCNC2CC2)c1. The fourth-order valence-corrected chi connectivity index (χ4v) is 1.96. The molecule has 1 unspecified atom stereocenters. The van der Waals surface area contributed by atoms with E-state index in [-0.39, 0.29) is 0 Å². The summed E-state index contributed by atoms with van der Waals surface area (Å²) in [4.78, 5) is 0. The maximum Gasteiger partial charge on any atom is 0.119 e. The Kier molecular flexibility index (Phi) is 4.43. The molecule has 1 aromatic carbocycles. The molecule has 0 aliphatic heterocycles. The van der Waals surface area contributed by atoms with Gasteiger partial charge in [0.05, 0.1) is 6.10 Å². The topological polar surface area (TPSA) is 21.3 Å². The number of benzene rings is 1. The van der Waals surface area contributed by atoms with Crippen LogP contribution < -0.4 is 10.1 Å². The van der Waals surface area contributed by atoms with E-state index in [4.69, 9.17) is 4.74 Å². The Hall–Kier alpha value is -1.02. The van der Waals surface area contributed by atoms with Crippen molar-refractivity contribution < 1.29 is 4.74 Å². The Balaban J connectivity index is 1.63. The van der Waals surface area contributed by atoms with Gasteiger partial charge in [-0.1, -0.05) is 12.1 Å². The van der Waals surface area contributed by atoms with Gasteiger partial charge in [0.15, 0.2) is 0 Å². The smallest absolute Gasteiger partial charge is 0.119 e. The molecule has 0 spiro atoms. The summed E-state index contributed by atoms with van der Waals surface area (Å²) in [5.74, 6) is 0.993. The van der Waals surface area contributed by atoms with E-state index < -0.39 is 0 Å². The van der Waals surface area contributed by atoms with E-state index >= 15 is 0 Å². The quantitative estimate of drug-likeness (QED) is 0.730. The van der Waals surface area contributed by atoms with E-state index in [1.54, 1.807) is 0 Å². The molecule has 94 valence electrons. The van der Waals surface area contributed by atoms with E-state index in [2.05, 4.69) is 31.3 Å². The van der Waals surface area contributed by atoms with Crippen molar-refractivity contribution in [1.82, 2.24) is 5.32 Å². The highest BCUT2D eigenvalue weighted by Gasteiger charge is 2.19. The zero-order valence-electron chi connectivity index (χ0n) is 10.9. The van der Waals surface area contributed by atoms with E-state index in [1.807, 2.05) is 12.1 Å². The van der Waals surface area contributed by atoms with Crippen LogP contribution in [0.3, 0.4) is 0 Å². The van der Waals surface area contributed by atoms with Gasteiger partial charge in [-0.25, -0.2) is 0 Å². The van der Waals surface area contributed by atoms with Crippen LogP contribution in [0.1, 0.15) is 38.2 Å². The predicted molar refractivity (Wildman–Crippen MR) is 71.5 cm³/mol. The van der Waals surface area contributed by atoms with E-state index in [9.17, 15) is 0 Å². The summed E-state index contributed by atoms with van der Waals surface area (Å²) in [7, 11) is 0. The van der Waals surface area contributed by atoms with Gasteiger partial charge in [-0.15, -0.1) is 0 Å². The van der Waals surface area contributed by atoms with Crippen LogP contribution in [0.4, 0.5) is 0 Å². The fourth-order valence-electron chi connectivity index (χ4n) is 1.96. The molecule has 2 rings (SSSR count). The van der Waals surface area contributed by atoms with Gasteiger partial charge in [-0.05, 0) is 63.8 Å². The number of aryl methyl sites for hydroxylation is 1. The van der Waals surface area contributed by atoms with E-state index in [0.29, 0.717) is 6.10 Å². The highest BCUT2D eigenvalue weighted by atomic mass is 16.5. The fraction of sp³-hybridized carbons (Fsp3) is 0.600. The molecule has 0 heterocycles. The Bertz CT molecular complexity index is 347. The van der Waals surface area contributed by atoms with Crippen molar-refractivity contribution in [1.29, 1.82) is 0 Å². The largest absolute Gasteiger partial charge is 0.491 e. The molecule has 2 heteroatoms. The Morgan fingerprint density at radius 2 is 2.24 bits per heavy atom. The Morgan fingerprint density at radius 1 is 1.41 bits per heavy atom. The maximum absolute atomic E-state index is 5.89. The molecule has 0 radical (unpaired) electrons. The van der Waals surface area contributed by atoms with Gasteiger partial charge in [-0.3, -0.25) is 0 Å². The van der Waals surface area contributed by atoms with Crippen LogP contribution in [0.5, 0.6) is 5.75 Å². The summed E-state index contributed by atoms with van der Waals surface area (Å²) in [6, 6.07) is 9.09. The van der Waals surface area contributed by atoms with Gasteiger partial charge in [0, 0.05) is 6.04 Å². The predicted octanol–water partition coefficient (Wildman–Crippen LogP) is 3.29. The molecule has 1 aromatic rings. The monoisotopic (exact) mass is 233 g/mol. The molecule has 1 aliphatic carbocycles. The molecule has 1 aliphatic rings. The van der Waals surface area contributed by atoms with Crippen LogP contribution in [-0.4, -0.2) is 18.7 Å². The summed E-state index contributed by atoms with van der Waals surface area (Å²) >= 11 is 0. The lowest BCUT2D eigenvalue weighted by atomic mass is 10.2. The molecule has 1 fully saturated rings. The van der Waals surface area contributed by atoms with Crippen molar-refractivity contribution in [2.45, 2.75) is 51.7 Å². The van der Waals surface area contributed by atoms with Crippen LogP contribution >= 0.6 is 0 Å². The number of rotatable bonds is 7. The number of nitrogens with one attached hydrogen (secondary N) is 1. The normalized spacial score (nSPS) is 16.8. The van der Waals surface area contributed by atoms with Crippen LogP contribution in [0.2, 0.25) is 0 Å². The Morgan fingerprint density at radius 3 is 2.94 bits per heavy atom. The first-order valence-corrected chi connectivity index (χ1v) is 6.71. The molecule has 1 saturated carbocycles. The van der Waals surface area contributed by atoms with Crippen molar-refractivity contribution in [3.8, 4) is 5.75 Å². The van der Waals surface area contributed by atoms with Crippen molar-refractivity contribution in [2.24, 2.45) is 0 Å². The van der Waals surface area contributed by atoms with Crippen LogP contribution in [0.25, 0.3) is 0 Å². The number of hydrogen-bond acceptors (Lipinski definition) is 2. The lowest BCUT2D eigenvalue weighted by Gasteiger charge is -2.15. The second-order valence-electron chi connectivity index (χ2n) is 5.12. The maximum atomic E-state index is 5.89. The second-order valence-corrected chi connectivity index (χ2v) is 5.12. The van der Waals surface area contributed by atoms with Crippen LogP contribution in [0.15, 0.2) is 24.3 Å². The van der Waals surface area contributed by atoms with Gasteiger partial charge >= 0.3 is 0 Å². The number of ether oxygens (including phenoxy) is 1. The van der Waals surface area contributed by atoms with Gasteiger partial charge < -0.3 is 10.1 Å². The summed E-state index contributed by atoms with van der Waals surface area (Å²) < 4.78 is 5.89. The summed E-state index contributed by atoms with van der Waals surface area (Å²) in [6.45, 7) is 5.38. The average molecular weight is 233 g/mol. The Labute approximate surface area is 104 Å². The highest BCUT2D eigenvalue weighted by Crippen LogP contribution is 2.19. The molecule has 0 aromatic heterocycles. The summed E-state index contributed by atoms with van der Waals surface area (Å²) in [6.07, 6.45) is 5.36. The molecule has 2 nitrogen and oxygen atoms in total. The van der Waals surface area contributed by atoms with E-state index in [0.717, 1.165) is 24.8 Å². The van der Waals surface area contributed by atoms with Gasteiger partial charge in [0.1, 0.15) is 5.75 Å². The minimum atomic E-state index is 0.304.